The van der Waals surface area contributed by atoms with Crippen molar-refractivity contribution in [2.24, 2.45) is 5.92 Å². The van der Waals surface area contributed by atoms with E-state index in [1.807, 2.05) is 7.05 Å². The lowest BCUT2D eigenvalue weighted by molar-refractivity contribution is 0.148. The highest BCUT2D eigenvalue weighted by Crippen LogP contribution is 2.13. The SMILES string of the molecule is CNN1CCC(COC)C1. The zero-order chi connectivity index (χ0) is 7.40. The highest BCUT2D eigenvalue weighted by molar-refractivity contribution is 4.71. The van der Waals surface area contributed by atoms with Crippen molar-refractivity contribution in [2.45, 2.75) is 6.42 Å². The Morgan fingerprint density at radius 1 is 1.70 bits per heavy atom. The highest BCUT2D eigenvalue weighted by atomic mass is 16.5. The monoisotopic (exact) mass is 144 g/mol. The molecule has 1 rings (SSSR count). The van der Waals surface area contributed by atoms with Gasteiger partial charge < -0.3 is 4.74 Å². The van der Waals surface area contributed by atoms with E-state index in [0.29, 0.717) is 0 Å². The van der Waals surface area contributed by atoms with Crippen molar-refractivity contribution in [3.8, 4) is 0 Å². The Balaban J connectivity index is 2.15. The molecule has 1 N–H and O–H groups in total. The summed E-state index contributed by atoms with van der Waals surface area (Å²) in [7, 11) is 3.73. The Kier molecular flexibility index (Phi) is 3.12. The van der Waals surface area contributed by atoms with Crippen LogP contribution in [0.3, 0.4) is 0 Å². The zero-order valence-electron chi connectivity index (χ0n) is 6.76. The standard InChI is InChI=1S/C7H16N2O/c1-8-9-4-3-7(5-9)6-10-2/h7-8H,3-6H2,1-2H3. The van der Waals surface area contributed by atoms with Crippen LogP contribution in [-0.4, -0.2) is 38.9 Å². The van der Waals surface area contributed by atoms with Gasteiger partial charge >= 0.3 is 0 Å². The average Bonchev–Trinajstić information content (AvgIpc) is 2.37. The van der Waals surface area contributed by atoms with Crippen LogP contribution in [0, 0.1) is 5.92 Å². The first-order valence-corrected chi connectivity index (χ1v) is 3.78. The maximum Gasteiger partial charge on any atom is 0.0503 e. The second-order valence-electron chi connectivity index (χ2n) is 2.78. The van der Waals surface area contributed by atoms with E-state index in [-0.39, 0.29) is 0 Å². The Bertz CT molecular complexity index is 97.6. The van der Waals surface area contributed by atoms with Gasteiger partial charge in [-0.15, -0.1) is 0 Å². The number of rotatable bonds is 3. The van der Waals surface area contributed by atoms with Gasteiger partial charge in [-0.1, -0.05) is 0 Å². The second kappa shape index (κ2) is 3.91. The molecule has 0 aromatic rings. The van der Waals surface area contributed by atoms with E-state index >= 15 is 0 Å². The maximum atomic E-state index is 5.06. The number of ether oxygens (including phenoxy) is 1. The molecule has 10 heavy (non-hydrogen) atoms. The lowest BCUT2D eigenvalue weighted by Crippen LogP contribution is -2.32. The molecular formula is C7H16N2O. The molecule has 60 valence electrons. The van der Waals surface area contributed by atoms with Gasteiger partial charge in [0.2, 0.25) is 0 Å². The maximum absolute atomic E-state index is 5.06. The predicted octanol–water partition coefficient (Wildman–Crippen LogP) is 0.0891. The van der Waals surface area contributed by atoms with Crippen molar-refractivity contribution in [3.05, 3.63) is 0 Å². The molecule has 0 aromatic carbocycles. The van der Waals surface area contributed by atoms with Crippen LogP contribution < -0.4 is 5.43 Å². The molecule has 0 spiro atoms. The molecule has 0 aromatic heterocycles. The summed E-state index contributed by atoms with van der Waals surface area (Å²) in [6.45, 7) is 3.19. The Morgan fingerprint density at radius 2 is 2.50 bits per heavy atom. The van der Waals surface area contributed by atoms with Crippen molar-refractivity contribution in [1.82, 2.24) is 10.4 Å². The fourth-order valence-electron chi connectivity index (χ4n) is 1.41. The van der Waals surface area contributed by atoms with Gasteiger partial charge in [0.05, 0.1) is 6.61 Å². The molecule has 0 amide bonds. The number of hydrogen-bond donors (Lipinski definition) is 1. The Hall–Kier alpha value is -0.120. The van der Waals surface area contributed by atoms with Gasteiger partial charge in [-0.05, 0) is 19.4 Å². The van der Waals surface area contributed by atoms with E-state index in [0.717, 1.165) is 25.6 Å². The fraction of sp³-hybridized carbons (Fsp3) is 1.00. The first kappa shape index (κ1) is 7.98. The van der Waals surface area contributed by atoms with Crippen LogP contribution in [0.2, 0.25) is 0 Å². The van der Waals surface area contributed by atoms with Crippen LogP contribution in [0.5, 0.6) is 0 Å². The Morgan fingerprint density at radius 3 is 3.00 bits per heavy atom. The zero-order valence-corrected chi connectivity index (χ0v) is 6.76. The molecule has 1 aliphatic rings. The number of hydrogen-bond acceptors (Lipinski definition) is 3. The van der Waals surface area contributed by atoms with Gasteiger partial charge in [-0.2, -0.15) is 0 Å². The minimum Gasteiger partial charge on any atom is -0.384 e. The third-order valence-corrected chi connectivity index (χ3v) is 2.00. The number of hydrazine groups is 1. The topological polar surface area (TPSA) is 24.5 Å². The summed E-state index contributed by atoms with van der Waals surface area (Å²) >= 11 is 0. The van der Waals surface area contributed by atoms with Crippen molar-refractivity contribution in [2.75, 3.05) is 33.9 Å². The smallest absolute Gasteiger partial charge is 0.0503 e. The van der Waals surface area contributed by atoms with Crippen LogP contribution in [-0.2, 0) is 4.74 Å². The second-order valence-corrected chi connectivity index (χ2v) is 2.78. The molecule has 1 saturated heterocycles. The summed E-state index contributed by atoms with van der Waals surface area (Å²) in [5.74, 6) is 0.734. The van der Waals surface area contributed by atoms with E-state index in [2.05, 4.69) is 10.4 Å². The van der Waals surface area contributed by atoms with E-state index < -0.39 is 0 Å². The third kappa shape index (κ3) is 1.94. The van der Waals surface area contributed by atoms with Crippen molar-refractivity contribution in [1.29, 1.82) is 0 Å². The molecule has 1 heterocycles. The highest BCUT2D eigenvalue weighted by Gasteiger charge is 2.20. The van der Waals surface area contributed by atoms with Gasteiger partial charge in [-0.25, -0.2) is 5.01 Å². The number of nitrogens with zero attached hydrogens (tertiary/aromatic N) is 1. The van der Waals surface area contributed by atoms with E-state index in [4.69, 9.17) is 4.74 Å². The molecular weight excluding hydrogens is 128 g/mol. The van der Waals surface area contributed by atoms with Crippen LogP contribution in [0.15, 0.2) is 0 Å². The third-order valence-electron chi connectivity index (χ3n) is 2.00. The molecule has 0 bridgehead atoms. The van der Waals surface area contributed by atoms with E-state index in [1.165, 1.54) is 6.42 Å². The molecule has 0 saturated carbocycles. The quantitative estimate of drug-likeness (QED) is 0.607. The molecule has 3 nitrogen and oxygen atoms in total. The van der Waals surface area contributed by atoms with Gasteiger partial charge in [0, 0.05) is 20.2 Å². The number of methoxy groups -OCH3 is 1. The summed E-state index contributed by atoms with van der Waals surface area (Å²) in [6.07, 6.45) is 1.26. The number of nitrogens with one attached hydrogen (secondary N) is 1. The van der Waals surface area contributed by atoms with Gasteiger partial charge in [-0.3, -0.25) is 5.43 Å². The minimum absolute atomic E-state index is 0.734. The van der Waals surface area contributed by atoms with Crippen LogP contribution >= 0.6 is 0 Å². The summed E-state index contributed by atoms with van der Waals surface area (Å²) < 4.78 is 5.06. The first-order chi connectivity index (χ1) is 4.86. The van der Waals surface area contributed by atoms with Crippen LogP contribution in [0.4, 0.5) is 0 Å². The predicted molar refractivity (Wildman–Crippen MR) is 40.6 cm³/mol. The Labute approximate surface area is 62.3 Å². The largest absolute Gasteiger partial charge is 0.384 e. The van der Waals surface area contributed by atoms with Gasteiger partial charge in [0.1, 0.15) is 0 Å². The summed E-state index contributed by atoms with van der Waals surface area (Å²) in [6, 6.07) is 0. The lowest BCUT2D eigenvalue weighted by atomic mass is 10.1. The molecule has 1 fully saturated rings. The summed E-state index contributed by atoms with van der Waals surface area (Å²) in [5.41, 5.74) is 3.13. The summed E-state index contributed by atoms with van der Waals surface area (Å²) in [5, 5.41) is 2.23. The van der Waals surface area contributed by atoms with Crippen LogP contribution in [0.25, 0.3) is 0 Å². The fourth-order valence-corrected chi connectivity index (χ4v) is 1.41. The first-order valence-electron chi connectivity index (χ1n) is 3.78. The molecule has 0 radical (unpaired) electrons. The molecule has 3 heteroatoms. The van der Waals surface area contributed by atoms with E-state index in [9.17, 15) is 0 Å². The van der Waals surface area contributed by atoms with Crippen molar-refractivity contribution in [3.63, 3.8) is 0 Å². The molecule has 0 aliphatic carbocycles. The van der Waals surface area contributed by atoms with Gasteiger partial charge in [0.25, 0.3) is 0 Å². The minimum atomic E-state index is 0.734. The molecule has 1 atom stereocenters. The van der Waals surface area contributed by atoms with Gasteiger partial charge in [0.15, 0.2) is 0 Å². The van der Waals surface area contributed by atoms with Crippen molar-refractivity contribution >= 4 is 0 Å². The van der Waals surface area contributed by atoms with Crippen LogP contribution in [0.1, 0.15) is 6.42 Å². The molecule has 1 aliphatic heterocycles. The molecule has 1 unspecified atom stereocenters. The average molecular weight is 144 g/mol. The normalized spacial score (nSPS) is 27.6. The lowest BCUT2D eigenvalue weighted by Gasteiger charge is -2.13. The van der Waals surface area contributed by atoms with Crippen molar-refractivity contribution < 1.29 is 4.74 Å². The summed E-state index contributed by atoms with van der Waals surface area (Å²) in [4.78, 5) is 0. The van der Waals surface area contributed by atoms with E-state index in [1.54, 1.807) is 7.11 Å².